The van der Waals surface area contributed by atoms with Gasteiger partial charge in [0, 0.05) is 17.1 Å². The molecule has 0 saturated carbocycles. The number of hydrogen-bond acceptors (Lipinski definition) is 4. The molecular weight excluding hydrogens is 321 g/mol. The van der Waals surface area contributed by atoms with Crippen molar-refractivity contribution in [1.82, 2.24) is 16.0 Å². The van der Waals surface area contributed by atoms with Crippen LogP contribution in [0.4, 0.5) is 9.18 Å². The van der Waals surface area contributed by atoms with E-state index in [0.717, 1.165) is 17.7 Å². The van der Waals surface area contributed by atoms with Crippen LogP contribution in [0.1, 0.15) is 30.9 Å². The summed E-state index contributed by atoms with van der Waals surface area (Å²) in [7, 11) is 0. The molecule has 6 nitrogen and oxygen atoms in total. The van der Waals surface area contributed by atoms with Gasteiger partial charge in [-0.25, -0.2) is 9.18 Å². The Labute approximate surface area is 136 Å². The van der Waals surface area contributed by atoms with E-state index in [1.54, 1.807) is 6.07 Å². The minimum Gasteiger partial charge on any atom is -0.349 e. The van der Waals surface area contributed by atoms with Crippen LogP contribution in [0.15, 0.2) is 23.1 Å². The van der Waals surface area contributed by atoms with Gasteiger partial charge in [0.15, 0.2) is 0 Å². The largest absolute Gasteiger partial charge is 0.349 e. The fourth-order valence-corrected chi connectivity index (χ4v) is 3.88. The quantitative estimate of drug-likeness (QED) is 0.726. The lowest BCUT2D eigenvalue weighted by atomic mass is 10.0. The van der Waals surface area contributed by atoms with Gasteiger partial charge in [-0.15, -0.1) is 11.8 Å². The highest BCUT2D eigenvalue weighted by molar-refractivity contribution is 7.99. The van der Waals surface area contributed by atoms with E-state index < -0.39 is 18.0 Å². The number of carbonyl (C=O) groups is 3. The average molecular weight is 337 g/mol. The van der Waals surface area contributed by atoms with Gasteiger partial charge < -0.3 is 10.6 Å². The van der Waals surface area contributed by atoms with Crippen molar-refractivity contribution in [2.75, 3.05) is 5.75 Å². The van der Waals surface area contributed by atoms with Gasteiger partial charge in [0.2, 0.25) is 5.91 Å². The van der Waals surface area contributed by atoms with Crippen LogP contribution in [0.5, 0.6) is 0 Å². The monoisotopic (exact) mass is 337 g/mol. The predicted molar refractivity (Wildman–Crippen MR) is 82.3 cm³/mol. The van der Waals surface area contributed by atoms with Crippen LogP contribution in [0, 0.1) is 5.82 Å². The summed E-state index contributed by atoms with van der Waals surface area (Å²) in [4.78, 5) is 35.1. The molecule has 4 amide bonds. The van der Waals surface area contributed by atoms with E-state index >= 15 is 0 Å². The summed E-state index contributed by atoms with van der Waals surface area (Å²) in [6, 6.07) is 3.45. The van der Waals surface area contributed by atoms with Crippen molar-refractivity contribution >= 4 is 29.6 Å². The number of carbonyl (C=O) groups excluding carboxylic acids is 3. The van der Waals surface area contributed by atoms with E-state index in [4.69, 9.17) is 0 Å². The molecule has 0 radical (unpaired) electrons. The highest BCUT2D eigenvalue weighted by Gasteiger charge is 2.30. The molecule has 8 heteroatoms. The molecule has 23 heavy (non-hydrogen) atoms. The Kier molecular flexibility index (Phi) is 4.51. The number of thioether (sulfide) groups is 1. The number of hydrogen-bond donors (Lipinski definition) is 3. The van der Waals surface area contributed by atoms with Crippen molar-refractivity contribution in [2.45, 2.75) is 36.2 Å². The molecule has 0 aliphatic carbocycles. The molecule has 1 aromatic carbocycles. The van der Waals surface area contributed by atoms with Crippen LogP contribution in [-0.4, -0.2) is 29.6 Å². The number of halogens is 1. The molecule has 0 aromatic heterocycles. The first kappa shape index (κ1) is 15.8. The number of rotatable bonds is 4. The lowest BCUT2D eigenvalue weighted by molar-refractivity contribution is -0.122. The second kappa shape index (κ2) is 6.57. The van der Waals surface area contributed by atoms with Crippen LogP contribution in [0.3, 0.4) is 0 Å². The van der Waals surface area contributed by atoms with Gasteiger partial charge in [-0.1, -0.05) is 12.1 Å². The second-order valence-electron chi connectivity index (χ2n) is 5.47. The standard InChI is InChI=1S/C15H16FN3O3S/c16-9-3-1-2-8-10(6-7-23-13(8)9)17-12(20)5-4-11-14(21)19-15(22)18-11/h1-3,10-11H,4-7H2,(H,17,20)(H2,18,19,21,22)/t10-,11+/m0/s1. The number of fused-ring (bicyclic) bond motifs is 1. The Morgan fingerprint density at radius 2 is 2.22 bits per heavy atom. The van der Waals surface area contributed by atoms with Crippen LogP contribution in [-0.2, 0) is 9.59 Å². The molecule has 2 atom stereocenters. The Morgan fingerprint density at radius 3 is 2.96 bits per heavy atom. The van der Waals surface area contributed by atoms with E-state index in [2.05, 4.69) is 16.0 Å². The first-order valence-electron chi connectivity index (χ1n) is 7.36. The normalized spacial score (nSPS) is 23.0. The lowest BCUT2D eigenvalue weighted by Gasteiger charge is -2.26. The SMILES string of the molecule is O=C(CC[C@H]1NC(=O)NC1=O)N[C@H]1CCSc2c(F)cccc21. The Morgan fingerprint density at radius 1 is 1.39 bits per heavy atom. The van der Waals surface area contributed by atoms with Gasteiger partial charge >= 0.3 is 6.03 Å². The molecule has 2 aliphatic rings. The highest BCUT2D eigenvalue weighted by Crippen LogP contribution is 2.37. The zero-order valence-electron chi connectivity index (χ0n) is 12.2. The number of benzene rings is 1. The molecule has 0 spiro atoms. The number of urea groups is 1. The molecule has 1 aromatic rings. The molecule has 122 valence electrons. The first-order valence-corrected chi connectivity index (χ1v) is 8.35. The van der Waals surface area contributed by atoms with Crippen molar-refractivity contribution in [3.63, 3.8) is 0 Å². The van der Waals surface area contributed by atoms with Crippen LogP contribution in [0.2, 0.25) is 0 Å². The Balaban J connectivity index is 1.58. The van der Waals surface area contributed by atoms with Gasteiger partial charge in [-0.05, 0) is 24.5 Å². The van der Waals surface area contributed by atoms with E-state index in [0.29, 0.717) is 4.90 Å². The third-order valence-corrected chi connectivity index (χ3v) is 5.04. The summed E-state index contributed by atoms with van der Waals surface area (Å²) in [5.74, 6) is -0.160. The maximum absolute atomic E-state index is 13.8. The van der Waals surface area contributed by atoms with Crippen LogP contribution >= 0.6 is 11.8 Å². The Hall–Kier alpha value is -2.09. The average Bonchev–Trinajstić information content (AvgIpc) is 2.84. The number of amides is 4. The van der Waals surface area contributed by atoms with Crippen molar-refractivity contribution in [2.24, 2.45) is 0 Å². The maximum atomic E-state index is 13.8. The molecule has 0 bridgehead atoms. The fourth-order valence-electron chi connectivity index (χ4n) is 2.74. The molecule has 2 aliphatic heterocycles. The highest BCUT2D eigenvalue weighted by atomic mass is 32.2. The Bertz CT molecular complexity index is 667. The molecule has 2 heterocycles. The van der Waals surface area contributed by atoms with Gasteiger partial charge in [0.25, 0.3) is 5.91 Å². The lowest BCUT2D eigenvalue weighted by Crippen LogP contribution is -2.34. The molecule has 0 unspecified atom stereocenters. The van der Waals surface area contributed by atoms with Gasteiger partial charge in [-0.3, -0.25) is 14.9 Å². The van der Waals surface area contributed by atoms with Crippen molar-refractivity contribution < 1.29 is 18.8 Å². The van der Waals surface area contributed by atoms with E-state index in [1.165, 1.54) is 17.8 Å². The minimum atomic E-state index is -0.667. The third kappa shape index (κ3) is 3.47. The summed E-state index contributed by atoms with van der Waals surface area (Å²) in [6.07, 6.45) is 1.08. The number of nitrogens with one attached hydrogen (secondary N) is 3. The van der Waals surface area contributed by atoms with Gasteiger partial charge in [0.1, 0.15) is 11.9 Å². The molecular formula is C15H16FN3O3S. The van der Waals surface area contributed by atoms with Gasteiger partial charge in [-0.2, -0.15) is 0 Å². The summed E-state index contributed by atoms with van der Waals surface area (Å²) in [5, 5.41) is 7.47. The summed E-state index contributed by atoms with van der Waals surface area (Å²) in [5.41, 5.74) is 0.793. The predicted octanol–water partition coefficient (Wildman–Crippen LogP) is 1.47. The fraction of sp³-hybridized carbons (Fsp3) is 0.400. The molecule has 1 saturated heterocycles. The zero-order valence-corrected chi connectivity index (χ0v) is 13.0. The minimum absolute atomic E-state index is 0.118. The van der Waals surface area contributed by atoms with Crippen molar-refractivity contribution in [3.8, 4) is 0 Å². The van der Waals surface area contributed by atoms with E-state index in [1.807, 2.05) is 6.07 Å². The van der Waals surface area contributed by atoms with E-state index in [-0.39, 0.29) is 30.6 Å². The summed E-state index contributed by atoms with van der Waals surface area (Å²) >= 11 is 1.45. The van der Waals surface area contributed by atoms with Crippen LogP contribution < -0.4 is 16.0 Å². The molecule has 3 rings (SSSR count). The van der Waals surface area contributed by atoms with Gasteiger partial charge in [0.05, 0.1) is 6.04 Å². The van der Waals surface area contributed by atoms with Crippen LogP contribution in [0.25, 0.3) is 0 Å². The first-order chi connectivity index (χ1) is 11.0. The topological polar surface area (TPSA) is 87.3 Å². The maximum Gasteiger partial charge on any atom is 0.322 e. The molecule has 1 fully saturated rings. The number of imide groups is 1. The zero-order chi connectivity index (χ0) is 16.4. The van der Waals surface area contributed by atoms with E-state index in [9.17, 15) is 18.8 Å². The van der Waals surface area contributed by atoms with Crippen molar-refractivity contribution in [3.05, 3.63) is 29.6 Å². The summed E-state index contributed by atoms with van der Waals surface area (Å²) < 4.78 is 13.8. The van der Waals surface area contributed by atoms with Crippen molar-refractivity contribution in [1.29, 1.82) is 0 Å². The summed E-state index contributed by atoms with van der Waals surface area (Å²) in [6.45, 7) is 0. The second-order valence-corrected chi connectivity index (χ2v) is 6.57. The molecule has 3 N–H and O–H groups in total. The smallest absolute Gasteiger partial charge is 0.322 e. The third-order valence-electron chi connectivity index (χ3n) is 3.88.